The molecule has 0 aliphatic heterocycles. The quantitative estimate of drug-likeness (QED) is 0.221. The summed E-state index contributed by atoms with van der Waals surface area (Å²) >= 11 is 0. The van der Waals surface area contributed by atoms with Gasteiger partial charge in [-0.05, 0) is 56.5 Å². The number of phenolic OH excluding ortho intramolecular Hbond substituents is 1. The van der Waals surface area contributed by atoms with E-state index in [0.29, 0.717) is 30.3 Å². The van der Waals surface area contributed by atoms with Gasteiger partial charge in [0.2, 0.25) is 0 Å². The molecule has 202 valence electrons. The molecule has 0 saturated heterocycles. The molecular formula is C25H38N2O9. The molecule has 3 aliphatic carbocycles. The molecule has 0 bridgehead atoms. The predicted octanol–water partition coefficient (Wildman–Crippen LogP) is 0.835. The molecule has 1 amide bonds. The lowest BCUT2D eigenvalue weighted by atomic mass is 9.61. The average Bonchev–Trinajstić information content (AvgIpc) is 2.72. The zero-order chi connectivity index (χ0) is 24.4. The molecule has 1 fully saturated rings. The topological polar surface area (TPSA) is 230 Å². The molecule has 10 N–H and O–H groups in total. The largest absolute Gasteiger partial charge is 0.511 e. The lowest BCUT2D eigenvalue weighted by Crippen LogP contribution is -2.44. The van der Waals surface area contributed by atoms with Gasteiger partial charge in [-0.25, -0.2) is 0 Å². The zero-order valence-electron chi connectivity index (χ0n) is 19.3. The van der Waals surface area contributed by atoms with Gasteiger partial charge in [0.15, 0.2) is 11.6 Å². The Morgan fingerprint density at radius 2 is 1.75 bits per heavy atom. The highest BCUT2D eigenvalue weighted by molar-refractivity contribution is 6.21. The van der Waals surface area contributed by atoms with Crippen molar-refractivity contribution in [2.75, 3.05) is 14.1 Å². The van der Waals surface area contributed by atoms with E-state index in [4.69, 9.17) is 5.73 Å². The van der Waals surface area contributed by atoms with E-state index < -0.39 is 52.3 Å². The number of rotatable bonds is 3. The lowest BCUT2D eigenvalue weighted by Gasteiger charge is -2.41. The minimum Gasteiger partial charge on any atom is -0.511 e. The molecule has 3 unspecified atom stereocenters. The van der Waals surface area contributed by atoms with Gasteiger partial charge in [-0.15, -0.1) is 0 Å². The summed E-state index contributed by atoms with van der Waals surface area (Å²) in [4.78, 5) is 47.7. The number of nitrogens with two attached hydrogens (primary N) is 1. The molecule has 0 aromatic heterocycles. The van der Waals surface area contributed by atoms with E-state index in [-0.39, 0.29) is 44.5 Å². The fraction of sp³-hybridized carbons (Fsp3) is 0.360. The molecule has 1 aromatic rings. The minimum absolute atomic E-state index is 0. The summed E-state index contributed by atoms with van der Waals surface area (Å²) in [5.74, 6) is -5.61. The number of aliphatic hydroxyl groups excluding tert-OH is 2. The van der Waals surface area contributed by atoms with E-state index in [9.17, 15) is 34.5 Å². The highest BCUT2D eigenvalue weighted by Gasteiger charge is 2.50. The number of amides is 1. The monoisotopic (exact) mass is 510 g/mol. The Labute approximate surface area is 211 Å². The molecule has 1 aromatic carbocycles. The lowest BCUT2D eigenvalue weighted by molar-refractivity contribution is -0.127. The number of hydrogen-bond donors (Lipinski definition) is 5. The van der Waals surface area contributed by atoms with Crippen molar-refractivity contribution in [1.82, 2.24) is 5.32 Å². The van der Waals surface area contributed by atoms with E-state index in [1.165, 1.54) is 12.2 Å². The Balaban J connectivity index is -0.00000146. The van der Waals surface area contributed by atoms with Gasteiger partial charge in [-0.1, -0.05) is 19.6 Å². The third-order valence-corrected chi connectivity index (χ3v) is 6.15. The number of aromatic hydroxyl groups is 1. The summed E-state index contributed by atoms with van der Waals surface area (Å²) in [5, 5.41) is 34.7. The van der Waals surface area contributed by atoms with Crippen LogP contribution in [0.25, 0.3) is 11.8 Å². The van der Waals surface area contributed by atoms with Crippen molar-refractivity contribution < 1.29 is 48.3 Å². The van der Waals surface area contributed by atoms with Crippen molar-refractivity contribution in [2.45, 2.75) is 26.7 Å². The van der Waals surface area contributed by atoms with Crippen LogP contribution in [0.5, 0.6) is 5.75 Å². The van der Waals surface area contributed by atoms with Crippen LogP contribution in [0.15, 0.2) is 35.1 Å². The van der Waals surface area contributed by atoms with Gasteiger partial charge in [-0.3, -0.25) is 19.2 Å². The SMILES string of the molecule is C.CNC.NC(=O)C1=C(O)C2C(=O)C3=C(O)c4c(ccc(/C=C/C=O)c4O)CC3CC2CC1=O.O.O.[HH].[HH]. The van der Waals surface area contributed by atoms with E-state index in [0.717, 1.165) is 0 Å². The van der Waals surface area contributed by atoms with Gasteiger partial charge in [0, 0.05) is 20.4 Å². The Bertz CT molecular complexity index is 1150. The number of Topliss-reactive ketones (excluding diaryl/α,β-unsaturated/α-hetero) is 2. The van der Waals surface area contributed by atoms with Gasteiger partial charge >= 0.3 is 0 Å². The van der Waals surface area contributed by atoms with Crippen LogP contribution in [0.3, 0.4) is 0 Å². The predicted molar refractivity (Wildman–Crippen MR) is 138 cm³/mol. The first-order valence-corrected chi connectivity index (χ1v) is 10.5. The Hall–Kier alpha value is -3.80. The van der Waals surface area contributed by atoms with Crippen molar-refractivity contribution in [2.24, 2.45) is 23.5 Å². The summed E-state index contributed by atoms with van der Waals surface area (Å²) < 4.78 is 0. The van der Waals surface area contributed by atoms with Crippen LogP contribution in [-0.2, 0) is 25.6 Å². The molecule has 3 atom stereocenters. The molecular weight excluding hydrogens is 472 g/mol. The number of phenols is 1. The maximum atomic E-state index is 13.3. The normalized spacial score (nSPS) is 22.0. The second kappa shape index (κ2) is 12.8. The summed E-state index contributed by atoms with van der Waals surface area (Å²) in [6.07, 6.45) is 3.75. The number of aliphatic hydroxyl groups is 2. The van der Waals surface area contributed by atoms with Gasteiger partial charge in [0.05, 0.1) is 11.5 Å². The van der Waals surface area contributed by atoms with Gasteiger partial charge in [0.25, 0.3) is 5.91 Å². The number of primary amides is 1. The van der Waals surface area contributed by atoms with Crippen molar-refractivity contribution in [3.8, 4) is 5.75 Å². The van der Waals surface area contributed by atoms with Crippen LogP contribution >= 0.6 is 0 Å². The van der Waals surface area contributed by atoms with Crippen molar-refractivity contribution in [3.05, 3.63) is 51.8 Å². The summed E-state index contributed by atoms with van der Waals surface area (Å²) in [6, 6.07) is 3.31. The molecule has 0 spiro atoms. The third-order valence-electron chi connectivity index (χ3n) is 6.15. The number of fused-ring (bicyclic) bond motifs is 3. The average molecular weight is 511 g/mol. The van der Waals surface area contributed by atoms with Crippen molar-refractivity contribution in [3.63, 3.8) is 0 Å². The van der Waals surface area contributed by atoms with Gasteiger partial charge in [-0.2, -0.15) is 0 Å². The van der Waals surface area contributed by atoms with Gasteiger partial charge in [0.1, 0.15) is 29.1 Å². The molecule has 11 heteroatoms. The molecule has 0 radical (unpaired) electrons. The second-order valence-electron chi connectivity index (χ2n) is 8.29. The standard InChI is InChI=1S/C22H19NO7.C2H7N.CH4.2H2O.2H2/c23-22(30)17-13(25)8-12-7-11-6-10-4-3-9(2-1-5-24)18(26)14(10)19(27)15(11)20(28)16(12)21(17)29;1-3-2;;;;;/h1-5,11-12,16,26-27,29H,6-8H2,(H2,23,30);3H,1-2H3;1H4;2*1H2;2*1H/b2-1+;;;;;;. The smallest absolute Gasteiger partial charge is 0.255 e. The van der Waals surface area contributed by atoms with E-state index >= 15 is 0 Å². The molecule has 11 nitrogen and oxygen atoms in total. The number of carbonyl (C=O) groups is 4. The van der Waals surface area contributed by atoms with Crippen LogP contribution in [0.1, 0.15) is 39.8 Å². The Morgan fingerprint density at radius 1 is 1.14 bits per heavy atom. The first-order chi connectivity index (χ1) is 15.7. The number of aldehydes is 1. The second-order valence-corrected chi connectivity index (χ2v) is 8.29. The highest BCUT2D eigenvalue weighted by atomic mass is 16.3. The maximum Gasteiger partial charge on any atom is 0.255 e. The summed E-state index contributed by atoms with van der Waals surface area (Å²) in [6.45, 7) is 0. The van der Waals surface area contributed by atoms with Gasteiger partial charge < -0.3 is 37.3 Å². The van der Waals surface area contributed by atoms with Crippen LogP contribution in [-0.4, -0.2) is 64.1 Å². The van der Waals surface area contributed by atoms with Crippen LogP contribution in [0.2, 0.25) is 0 Å². The highest BCUT2D eigenvalue weighted by Crippen LogP contribution is 2.50. The molecule has 4 rings (SSSR count). The molecule has 0 heterocycles. The molecule has 36 heavy (non-hydrogen) atoms. The Morgan fingerprint density at radius 3 is 2.31 bits per heavy atom. The van der Waals surface area contributed by atoms with Crippen LogP contribution in [0, 0.1) is 17.8 Å². The first kappa shape index (κ1) is 32.2. The fourth-order valence-electron chi connectivity index (χ4n) is 4.91. The third kappa shape index (κ3) is 5.38. The fourth-order valence-corrected chi connectivity index (χ4v) is 4.91. The number of benzene rings is 1. The zero-order valence-corrected chi connectivity index (χ0v) is 19.3. The number of nitrogens with one attached hydrogen (secondary N) is 1. The summed E-state index contributed by atoms with van der Waals surface area (Å²) in [7, 11) is 3.75. The number of carbonyl (C=O) groups excluding carboxylic acids is 4. The molecule has 3 aliphatic rings. The number of allylic oxidation sites excluding steroid dienone is 3. The van der Waals surface area contributed by atoms with Crippen molar-refractivity contribution >= 4 is 35.6 Å². The van der Waals surface area contributed by atoms with Crippen LogP contribution in [0.4, 0.5) is 0 Å². The first-order valence-electron chi connectivity index (χ1n) is 10.5. The molecule has 1 saturated carbocycles. The maximum absolute atomic E-state index is 13.3. The van der Waals surface area contributed by atoms with E-state index in [2.05, 4.69) is 5.32 Å². The van der Waals surface area contributed by atoms with Crippen LogP contribution < -0.4 is 11.1 Å². The minimum atomic E-state index is -1.14. The van der Waals surface area contributed by atoms with Crippen molar-refractivity contribution in [1.29, 1.82) is 0 Å². The summed E-state index contributed by atoms with van der Waals surface area (Å²) in [5.41, 5.74) is 5.73. The van der Waals surface area contributed by atoms with E-state index in [1.807, 2.05) is 14.1 Å². The number of hydrogen-bond acceptors (Lipinski definition) is 8. The Kier molecular flexibility index (Phi) is 11.4. The van der Waals surface area contributed by atoms with E-state index in [1.54, 1.807) is 12.1 Å². The number of ketones is 2.